The summed E-state index contributed by atoms with van der Waals surface area (Å²) in [6, 6.07) is 0. The molecule has 0 aliphatic carbocycles. The topological polar surface area (TPSA) is 63.7 Å². The van der Waals surface area contributed by atoms with Crippen molar-refractivity contribution in [2.75, 3.05) is 0 Å². The third kappa shape index (κ3) is 9.20. The Balaban J connectivity index is 2.06. The Bertz CT molecular complexity index is 495. The third-order valence-electron chi connectivity index (χ3n) is 5.58. The van der Waals surface area contributed by atoms with Crippen molar-refractivity contribution in [3.8, 4) is 0 Å². The van der Waals surface area contributed by atoms with Crippen LogP contribution in [0, 0.1) is 11.3 Å². The molecule has 1 atom stereocenters. The van der Waals surface area contributed by atoms with Crippen LogP contribution in [0.3, 0.4) is 0 Å². The lowest BCUT2D eigenvalue weighted by molar-refractivity contribution is -0.198. The van der Waals surface area contributed by atoms with Gasteiger partial charge in [-0.25, -0.2) is 4.79 Å². The third-order valence-corrected chi connectivity index (χ3v) is 5.58. The van der Waals surface area contributed by atoms with Gasteiger partial charge in [-0.15, -0.1) is 5.06 Å². The van der Waals surface area contributed by atoms with Crippen LogP contribution in [0.25, 0.3) is 0 Å². The van der Waals surface area contributed by atoms with Crippen LogP contribution in [-0.2, 0) is 19.2 Å². The lowest BCUT2D eigenvalue weighted by Crippen LogP contribution is -2.35. The standard InChI is InChI=1S/C23H41NO4/c1-5-6-7-8-9-10-11-12-13-14-15-16-17-21(26)28-24-20(25)18-19(22(24)27)23(2,3)4/h19H,5-18H2,1-4H3. The molecule has 1 heterocycles. The predicted octanol–water partition coefficient (Wildman–Crippen LogP) is 5.96. The van der Waals surface area contributed by atoms with Crippen LogP contribution in [0.4, 0.5) is 0 Å². The minimum absolute atomic E-state index is 0.119. The number of carbonyl (C=O) groups excluding carboxylic acids is 3. The maximum atomic E-state index is 12.3. The summed E-state index contributed by atoms with van der Waals surface area (Å²) in [7, 11) is 0. The molecule has 0 bridgehead atoms. The fourth-order valence-corrected chi connectivity index (χ4v) is 3.64. The van der Waals surface area contributed by atoms with Gasteiger partial charge in [0.2, 0.25) is 0 Å². The highest BCUT2D eigenvalue weighted by Crippen LogP contribution is 2.35. The van der Waals surface area contributed by atoms with E-state index in [-0.39, 0.29) is 24.2 Å². The molecule has 162 valence electrons. The fraction of sp³-hybridized carbons (Fsp3) is 0.870. The lowest BCUT2D eigenvalue weighted by atomic mass is 9.80. The molecule has 1 fully saturated rings. The number of unbranched alkanes of at least 4 members (excludes halogenated alkanes) is 11. The van der Waals surface area contributed by atoms with Crippen LogP contribution in [0.5, 0.6) is 0 Å². The Labute approximate surface area is 171 Å². The van der Waals surface area contributed by atoms with Gasteiger partial charge in [0.15, 0.2) is 0 Å². The fourth-order valence-electron chi connectivity index (χ4n) is 3.64. The monoisotopic (exact) mass is 395 g/mol. The zero-order chi connectivity index (χ0) is 21.0. The highest BCUT2D eigenvalue weighted by Gasteiger charge is 2.46. The number of carbonyl (C=O) groups is 3. The largest absolute Gasteiger partial charge is 0.333 e. The molecular formula is C23H41NO4. The summed E-state index contributed by atoms with van der Waals surface area (Å²) in [5.41, 5.74) is -0.316. The average Bonchev–Trinajstić information content (AvgIpc) is 2.91. The first-order chi connectivity index (χ1) is 13.3. The van der Waals surface area contributed by atoms with Crippen LogP contribution in [0.15, 0.2) is 0 Å². The molecule has 1 rings (SSSR count). The van der Waals surface area contributed by atoms with E-state index in [1.54, 1.807) is 0 Å². The van der Waals surface area contributed by atoms with E-state index in [2.05, 4.69) is 6.92 Å². The Morgan fingerprint density at radius 1 is 0.893 bits per heavy atom. The average molecular weight is 396 g/mol. The zero-order valence-corrected chi connectivity index (χ0v) is 18.6. The highest BCUT2D eigenvalue weighted by atomic mass is 16.7. The van der Waals surface area contributed by atoms with Gasteiger partial charge in [-0.1, -0.05) is 98.3 Å². The molecule has 5 nitrogen and oxygen atoms in total. The molecule has 5 heteroatoms. The van der Waals surface area contributed by atoms with Crippen molar-refractivity contribution in [2.45, 2.75) is 118 Å². The maximum Gasteiger partial charge on any atom is 0.333 e. The number of nitrogens with zero attached hydrogens (tertiary/aromatic N) is 1. The van der Waals surface area contributed by atoms with Crippen LogP contribution >= 0.6 is 0 Å². The molecule has 1 aliphatic heterocycles. The van der Waals surface area contributed by atoms with Gasteiger partial charge in [-0.2, -0.15) is 0 Å². The van der Waals surface area contributed by atoms with E-state index >= 15 is 0 Å². The van der Waals surface area contributed by atoms with Crippen molar-refractivity contribution in [1.29, 1.82) is 0 Å². The van der Waals surface area contributed by atoms with Crippen LogP contribution in [0.1, 0.15) is 118 Å². The predicted molar refractivity (Wildman–Crippen MR) is 111 cm³/mol. The second-order valence-electron chi connectivity index (χ2n) is 9.25. The van der Waals surface area contributed by atoms with E-state index in [0.717, 1.165) is 19.3 Å². The van der Waals surface area contributed by atoms with Gasteiger partial charge >= 0.3 is 5.97 Å². The van der Waals surface area contributed by atoms with Crippen molar-refractivity contribution in [3.05, 3.63) is 0 Å². The molecule has 0 aromatic heterocycles. The Morgan fingerprint density at radius 2 is 1.36 bits per heavy atom. The Hall–Kier alpha value is -1.39. The van der Waals surface area contributed by atoms with Gasteiger partial charge in [-0.3, -0.25) is 9.59 Å². The van der Waals surface area contributed by atoms with Crippen molar-refractivity contribution < 1.29 is 19.2 Å². The molecule has 0 aromatic carbocycles. The van der Waals surface area contributed by atoms with Crippen LogP contribution in [0.2, 0.25) is 0 Å². The highest BCUT2D eigenvalue weighted by molar-refractivity contribution is 6.03. The number of hydrogen-bond acceptors (Lipinski definition) is 4. The van der Waals surface area contributed by atoms with Crippen molar-refractivity contribution in [1.82, 2.24) is 5.06 Å². The summed E-state index contributed by atoms with van der Waals surface area (Å²) < 4.78 is 0. The summed E-state index contributed by atoms with van der Waals surface area (Å²) in [6.07, 6.45) is 15.1. The molecule has 1 unspecified atom stereocenters. The van der Waals surface area contributed by atoms with Gasteiger partial charge < -0.3 is 4.84 Å². The van der Waals surface area contributed by atoms with E-state index < -0.39 is 17.8 Å². The summed E-state index contributed by atoms with van der Waals surface area (Å²) in [4.78, 5) is 41.3. The van der Waals surface area contributed by atoms with Crippen LogP contribution < -0.4 is 0 Å². The smallest absolute Gasteiger partial charge is 0.330 e. The van der Waals surface area contributed by atoms with Crippen molar-refractivity contribution in [2.24, 2.45) is 11.3 Å². The second kappa shape index (κ2) is 12.9. The molecule has 0 spiro atoms. The molecule has 1 aliphatic rings. The number of rotatable bonds is 14. The number of imide groups is 1. The summed E-state index contributed by atoms with van der Waals surface area (Å²) in [5, 5.41) is 0.693. The van der Waals surface area contributed by atoms with E-state index in [9.17, 15) is 14.4 Å². The summed E-state index contributed by atoms with van der Waals surface area (Å²) in [6.45, 7) is 8.00. The maximum absolute atomic E-state index is 12.3. The molecule has 0 N–H and O–H groups in total. The Morgan fingerprint density at radius 3 is 1.79 bits per heavy atom. The zero-order valence-electron chi connectivity index (χ0n) is 18.6. The van der Waals surface area contributed by atoms with E-state index in [1.165, 1.54) is 57.8 Å². The summed E-state index contributed by atoms with van der Waals surface area (Å²) >= 11 is 0. The number of amides is 2. The number of hydrogen-bond donors (Lipinski definition) is 0. The van der Waals surface area contributed by atoms with E-state index in [0.29, 0.717) is 5.06 Å². The number of hydroxylamine groups is 2. The van der Waals surface area contributed by atoms with Crippen LogP contribution in [-0.4, -0.2) is 22.8 Å². The molecule has 28 heavy (non-hydrogen) atoms. The molecule has 2 amide bonds. The minimum Gasteiger partial charge on any atom is -0.330 e. The van der Waals surface area contributed by atoms with Gasteiger partial charge in [0.25, 0.3) is 11.8 Å². The van der Waals surface area contributed by atoms with Gasteiger partial charge in [0.05, 0.1) is 5.92 Å². The quantitative estimate of drug-likeness (QED) is 0.269. The first-order valence-corrected chi connectivity index (χ1v) is 11.3. The second-order valence-corrected chi connectivity index (χ2v) is 9.25. The summed E-state index contributed by atoms with van der Waals surface area (Å²) in [5.74, 6) is -1.70. The molecule has 0 aromatic rings. The molecule has 1 saturated heterocycles. The SMILES string of the molecule is CCCCCCCCCCCCCCC(=O)ON1C(=O)CC(C(C)(C)C)C1=O. The molecule has 0 saturated carbocycles. The van der Waals surface area contributed by atoms with Crippen molar-refractivity contribution in [3.63, 3.8) is 0 Å². The van der Waals surface area contributed by atoms with Gasteiger partial charge in [0, 0.05) is 12.8 Å². The lowest BCUT2D eigenvalue weighted by Gasteiger charge is -2.24. The first-order valence-electron chi connectivity index (χ1n) is 11.3. The van der Waals surface area contributed by atoms with E-state index in [1.807, 2.05) is 20.8 Å². The molecular weight excluding hydrogens is 354 g/mol. The van der Waals surface area contributed by atoms with Gasteiger partial charge in [-0.05, 0) is 11.8 Å². The first kappa shape index (κ1) is 24.6. The minimum atomic E-state index is -0.483. The van der Waals surface area contributed by atoms with Gasteiger partial charge in [0.1, 0.15) is 0 Å². The Kier molecular flexibility index (Phi) is 11.4. The van der Waals surface area contributed by atoms with Crippen molar-refractivity contribution >= 4 is 17.8 Å². The molecule has 0 radical (unpaired) electrons. The normalized spacial score (nSPS) is 17.4. The van der Waals surface area contributed by atoms with E-state index in [4.69, 9.17) is 4.84 Å².